The van der Waals surface area contributed by atoms with Crippen molar-refractivity contribution in [3.8, 4) is 5.75 Å². The van der Waals surface area contributed by atoms with Gasteiger partial charge in [0.05, 0.1) is 6.61 Å². The number of ether oxygens (including phenoxy) is 1. The molecule has 1 aromatic heterocycles. The van der Waals surface area contributed by atoms with Crippen LogP contribution in [-0.2, 0) is 9.84 Å². The van der Waals surface area contributed by atoms with Crippen LogP contribution in [0.4, 0.5) is 5.13 Å². The third-order valence-corrected chi connectivity index (χ3v) is 5.31. The Morgan fingerprint density at radius 1 is 1.35 bits per heavy atom. The number of nitrogens with one attached hydrogen (secondary N) is 1. The van der Waals surface area contributed by atoms with Gasteiger partial charge in [-0.1, -0.05) is 30.7 Å². The molecule has 7 nitrogen and oxygen atoms in total. The summed E-state index contributed by atoms with van der Waals surface area (Å²) >= 11 is 0.810. The third-order valence-electron chi connectivity index (χ3n) is 2.81. The molecule has 0 atom stereocenters. The van der Waals surface area contributed by atoms with Crippen LogP contribution in [0.25, 0.3) is 0 Å². The molecule has 0 saturated carbocycles. The summed E-state index contributed by atoms with van der Waals surface area (Å²) in [7, 11) is -3.43. The second-order valence-corrected chi connectivity index (χ2v) is 8.00. The van der Waals surface area contributed by atoms with Gasteiger partial charge in [-0.15, -0.1) is 10.2 Å². The maximum Gasteiger partial charge on any atom is 0.257 e. The summed E-state index contributed by atoms with van der Waals surface area (Å²) in [6, 6.07) is 6.77. The zero-order valence-corrected chi connectivity index (χ0v) is 14.4. The molecule has 0 aliphatic carbocycles. The molecule has 23 heavy (non-hydrogen) atoms. The Morgan fingerprint density at radius 2 is 2.13 bits per heavy atom. The molecule has 0 unspecified atom stereocenters. The Kier molecular flexibility index (Phi) is 5.67. The molecule has 0 bridgehead atoms. The predicted octanol–water partition coefficient (Wildman–Crippen LogP) is 2.37. The van der Waals surface area contributed by atoms with E-state index in [9.17, 15) is 13.2 Å². The molecule has 0 aliphatic rings. The van der Waals surface area contributed by atoms with E-state index in [1.165, 1.54) is 0 Å². The first kappa shape index (κ1) is 17.4. The van der Waals surface area contributed by atoms with E-state index in [0.717, 1.165) is 30.4 Å². The lowest BCUT2D eigenvalue weighted by molar-refractivity contribution is 0.102. The average Bonchev–Trinajstić information content (AvgIpc) is 2.96. The number of anilines is 1. The number of unbranched alkanes of at least 4 members (excludes halogenated alkanes) is 1. The van der Waals surface area contributed by atoms with Gasteiger partial charge in [-0.2, -0.15) is 0 Å². The van der Waals surface area contributed by atoms with Gasteiger partial charge < -0.3 is 4.74 Å². The average molecular weight is 355 g/mol. The van der Waals surface area contributed by atoms with Crippen LogP contribution in [0.5, 0.6) is 5.75 Å². The number of sulfone groups is 1. The Balaban J connectivity index is 2.06. The van der Waals surface area contributed by atoms with Crippen molar-refractivity contribution in [1.29, 1.82) is 0 Å². The topological polar surface area (TPSA) is 98.2 Å². The lowest BCUT2D eigenvalue weighted by Crippen LogP contribution is -2.11. The lowest BCUT2D eigenvalue weighted by atomic mass is 10.2. The number of carbonyl (C=O) groups excluding carboxylic acids is 1. The van der Waals surface area contributed by atoms with E-state index in [0.29, 0.717) is 17.9 Å². The minimum atomic E-state index is -3.43. The van der Waals surface area contributed by atoms with Crippen molar-refractivity contribution in [3.05, 3.63) is 29.8 Å². The first-order valence-corrected chi connectivity index (χ1v) is 9.68. The Hall–Kier alpha value is -2.00. The minimum Gasteiger partial charge on any atom is -0.494 e. The number of carbonyl (C=O) groups is 1. The maximum atomic E-state index is 12.2. The van der Waals surface area contributed by atoms with Crippen LogP contribution in [-0.4, -0.2) is 37.4 Å². The van der Waals surface area contributed by atoms with E-state index in [1.54, 1.807) is 24.3 Å². The SMILES string of the molecule is CCCCOc1cccc(C(=O)Nc2nnc(S(C)(=O)=O)s2)c1. The van der Waals surface area contributed by atoms with Gasteiger partial charge in [-0.05, 0) is 24.6 Å². The van der Waals surface area contributed by atoms with Crippen molar-refractivity contribution in [3.63, 3.8) is 0 Å². The highest BCUT2D eigenvalue weighted by molar-refractivity contribution is 7.92. The molecule has 9 heteroatoms. The number of aromatic nitrogens is 2. The van der Waals surface area contributed by atoms with Gasteiger partial charge in [0, 0.05) is 11.8 Å². The predicted molar refractivity (Wildman–Crippen MR) is 87.8 cm³/mol. The molecule has 1 amide bonds. The number of amides is 1. The second kappa shape index (κ2) is 7.51. The van der Waals surface area contributed by atoms with Gasteiger partial charge in [0.25, 0.3) is 5.91 Å². The van der Waals surface area contributed by atoms with E-state index in [-0.39, 0.29) is 9.47 Å². The van der Waals surface area contributed by atoms with Gasteiger partial charge in [0.1, 0.15) is 5.75 Å². The minimum absolute atomic E-state index is 0.132. The number of benzene rings is 1. The number of rotatable bonds is 7. The van der Waals surface area contributed by atoms with Gasteiger partial charge in [0.15, 0.2) is 0 Å². The summed E-state index contributed by atoms with van der Waals surface area (Å²) < 4.78 is 28.1. The Bertz CT molecular complexity index is 787. The van der Waals surface area contributed by atoms with Crippen LogP contribution >= 0.6 is 11.3 Å². The largest absolute Gasteiger partial charge is 0.494 e. The highest BCUT2D eigenvalue weighted by Gasteiger charge is 2.16. The first-order chi connectivity index (χ1) is 10.9. The summed E-state index contributed by atoms with van der Waals surface area (Å²) in [6.45, 7) is 2.66. The molecule has 0 radical (unpaired) electrons. The lowest BCUT2D eigenvalue weighted by Gasteiger charge is -2.07. The van der Waals surface area contributed by atoms with Crippen molar-refractivity contribution < 1.29 is 17.9 Å². The van der Waals surface area contributed by atoms with Crippen LogP contribution in [0, 0.1) is 0 Å². The molecule has 124 valence electrons. The zero-order valence-electron chi connectivity index (χ0n) is 12.8. The van der Waals surface area contributed by atoms with Gasteiger partial charge in [0.2, 0.25) is 19.3 Å². The third kappa shape index (κ3) is 5.00. The Labute approximate surface area is 138 Å². The molecule has 1 N–H and O–H groups in total. The van der Waals surface area contributed by atoms with Gasteiger partial charge in [-0.3, -0.25) is 10.1 Å². The number of hydrogen-bond acceptors (Lipinski definition) is 7. The van der Waals surface area contributed by atoms with E-state index in [4.69, 9.17) is 4.74 Å². The smallest absolute Gasteiger partial charge is 0.257 e. The number of nitrogens with zero attached hydrogens (tertiary/aromatic N) is 2. The molecular formula is C14H17N3O4S2. The molecule has 1 heterocycles. The molecule has 2 rings (SSSR count). The van der Waals surface area contributed by atoms with Crippen molar-refractivity contribution in [2.45, 2.75) is 24.1 Å². The summed E-state index contributed by atoms with van der Waals surface area (Å²) in [6.07, 6.45) is 3.01. The second-order valence-electron chi connectivity index (χ2n) is 4.83. The van der Waals surface area contributed by atoms with Crippen LogP contribution in [0.1, 0.15) is 30.1 Å². The summed E-state index contributed by atoms with van der Waals surface area (Å²) in [4.78, 5) is 12.2. The van der Waals surface area contributed by atoms with E-state index >= 15 is 0 Å². The molecule has 0 fully saturated rings. The summed E-state index contributed by atoms with van der Waals surface area (Å²) in [5.74, 6) is 0.210. The van der Waals surface area contributed by atoms with Crippen LogP contribution < -0.4 is 10.1 Å². The molecule has 0 saturated heterocycles. The normalized spacial score (nSPS) is 11.2. The molecule has 0 aliphatic heterocycles. The Morgan fingerprint density at radius 3 is 2.78 bits per heavy atom. The van der Waals surface area contributed by atoms with Gasteiger partial charge in [-0.25, -0.2) is 8.42 Å². The fourth-order valence-electron chi connectivity index (χ4n) is 1.64. The summed E-state index contributed by atoms with van der Waals surface area (Å²) in [5, 5.41) is 9.86. The van der Waals surface area contributed by atoms with Gasteiger partial charge >= 0.3 is 0 Å². The van der Waals surface area contributed by atoms with Crippen molar-refractivity contribution in [1.82, 2.24) is 10.2 Å². The van der Waals surface area contributed by atoms with Crippen molar-refractivity contribution in [2.24, 2.45) is 0 Å². The van der Waals surface area contributed by atoms with Crippen LogP contribution in [0.2, 0.25) is 0 Å². The molecule has 0 spiro atoms. The highest BCUT2D eigenvalue weighted by Crippen LogP contribution is 2.21. The first-order valence-electron chi connectivity index (χ1n) is 6.98. The molecule has 2 aromatic rings. The highest BCUT2D eigenvalue weighted by atomic mass is 32.2. The van der Waals surface area contributed by atoms with Crippen molar-refractivity contribution in [2.75, 3.05) is 18.2 Å². The van der Waals surface area contributed by atoms with E-state index < -0.39 is 15.7 Å². The van der Waals surface area contributed by atoms with E-state index in [2.05, 4.69) is 22.4 Å². The number of hydrogen-bond donors (Lipinski definition) is 1. The maximum absolute atomic E-state index is 12.2. The quantitative estimate of drug-likeness (QED) is 0.605. The fourth-order valence-corrected chi connectivity index (χ4v) is 3.14. The zero-order chi connectivity index (χ0) is 16.9. The van der Waals surface area contributed by atoms with Crippen LogP contribution in [0.3, 0.4) is 0 Å². The fraction of sp³-hybridized carbons (Fsp3) is 0.357. The monoisotopic (exact) mass is 355 g/mol. The van der Waals surface area contributed by atoms with Crippen LogP contribution in [0.15, 0.2) is 28.6 Å². The van der Waals surface area contributed by atoms with Crippen molar-refractivity contribution >= 4 is 32.2 Å². The molecule has 1 aromatic carbocycles. The standard InChI is InChI=1S/C14H17N3O4S2/c1-3-4-8-21-11-7-5-6-10(9-11)12(18)15-13-16-17-14(22-13)23(2,19)20/h5-7,9H,3-4,8H2,1-2H3,(H,15,16,18). The molecular weight excluding hydrogens is 338 g/mol. The summed E-state index contributed by atoms with van der Waals surface area (Å²) in [5.41, 5.74) is 0.398. The van der Waals surface area contributed by atoms with E-state index in [1.807, 2.05) is 0 Å².